The summed E-state index contributed by atoms with van der Waals surface area (Å²) in [6.45, 7) is 15.0. The van der Waals surface area contributed by atoms with Crippen molar-refractivity contribution in [3.8, 4) is 42.3 Å². The van der Waals surface area contributed by atoms with Crippen molar-refractivity contribution in [2.24, 2.45) is 10.3 Å². The quantitative estimate of drug-likeness (QED) is 0.0419. The largest absolute Gasteiger partial charge is 0.340 e. The summed E-state index contributed by atoms with van der Waals surface area (Å²) < 4.78 is 47.0. The van der Waals surface area contributed by atoms with Crippen molar-refractivity contribution in [3.05, 3.63) is 252 Å². The van der Waals surface area contributed by atoms with Gasteiger partial charge >= 0.3 is 0 Å². The van der Waals surface area contributed by atoms with Crippen LogP contribution in [0.1, 0.15) is 98.1 Å². The summed E-state index contributed by atoms with van der Waals surface area (Å²) >= 11 is 8.16. The van der Waals surface area contributed by atoms with E-state index in [-0.39, 0.29) is 27.3 Å². The number of nitrogens with two attached hydrogens (primary N) is 2. The van der Waals surface area contributed by atoms with Crippen LogP contribution in [0.3, 0.4) is 0 Å². The summed E-state index contributed by atoms with van der Waals surface area (Å²) in [5.41, 5.74) is 28.4. The molecule has 5 aliphatic rings. The van der Waals surface area contributed by atoms with Gasteiger partial charge in [0, 0.05) is 111 Å². The Bertz CT molecular complexity index is 7190. The van der Waals surface area contributed by atoms with Crippen LogP contribution in [-0.2, 0) is 105 Å². The first-order valence-corrected chi connectivity index (χ1v) is 48.7. The van der Waals surface area contributed by atoms with Gasteiger partial charge in [-0.25, -0.2) is 102 Å². The number of carbonyl (C=O) groups excluding carboxylic acids is 3. The molecule has 1 fully saturated rings. The van der Waals surface area contributed by atoms with Crippen molar-refractivity contribution in [2.75, 3.05) is 52.8 Å². The number of fused-ring (bicyclic) bond motifs is 15. The predicted octanol–water partition coefficient (Wildman–Crippen LogP) is 15.9. The molecule has 38 heteroatoms. The van der Waals surface area contributed by atoms with Gasteiger partial charge in [0.1, 0.15) is 27.6 Å². The Morgan fingerprint density at radius 1 is 0.395 bits per heavy atom. The average Bonchev–Trinajstić information content (AvgIpc) is 1.68. The van der Waals surface area contributed by atoms with Gasteiger partial charge in [0.25, 0.3) is 0 Å². The molecule has 0 spiro atoms. The van der Waals surface area contributed by atoms with Gasteiger partial charge in [-0.15, -0.1) is 56.7 Å². The second-order valence-electron chi connectivity index (χ2n) is 31.4. The maximum absolute atomic E-state index is 11.6. The molecule has 11 heterocycles. The summed E-state index contributed by atoms with van der Waals surface area (Å²) in [6.07, 6.45) is 17.5. The van der Waals surface area contributed by atoms with E-state index in [1.165, 1.54) is 51.4 Å². The first kappa shape index (κ1) is 88.0. The zero-order valence-electron chi connectivity index (χ0n) is 70.8. The molecule has 31 nitrogen and oxygen atoms in total. The van der Waals surface area contributed by atoms with Crippen LogP contribution < -0.4 is 36.9 Å². The number of aromatic nitrogens is 15. The van der Waals surface area contributed by atoms with Crippen molar-refractivity contribution in [2.45, 2.75) is 122 Å². The number of benzene rings is 6. The van der Waals surface area contributed by atoms with E-state index >= 15 is 0 Å². The number of aryl methyl sites for hydroxylation is 11. The number of nitrogens with zero attached hydrogens (tertiary/aromatic N) is 17. The second kappa shape index (κ2) is 38.5. The number of piperazine rings is 1. The Hall–Kier alpha value is -13.0. The van der Waals surface area contributed by atoms with Crippen molar-refractivity contribution in [1.29, 1.82) is 0 Å². The van der Waals surface area contributed by atoms with E-state index < -0.39 is 20.0 Å². The molecule has 0 saturated carbocycles. The molecule has 10 aromatic heterocycles. The maximum atomic E-state index is 11.6. The lowest BCUT2D eigenvalue weighted by molar-refractivity contribution is -0.130. The molecular formula is C91H86N24O7S7. The minimum atomic E-state index is -3.76. The van der Waals surface area contributed by atoms with E-state index in [4.69, 9.17) is 30.2 Å². The maximum Gasteiger partial charge on any atom is 0.238 e. The Labute approximate surface area is 763 Å². The number of hydrogen-bond donors (Lipinski definition) is 7. The number of anilines is 10. The number of ketones is 2. The highest BCUT2D eigenvalue weighted by atomic mass is 32.2. The third kappa shape index (κ3) is 21.5. The molecular weight excluding hydrogens is 1770 g/mol. The van der Waals surface area contributed by atoms with Crippen molar-refractivity contribution >= 4 is 174 Å². The highest BCUT2D eigenvalue weighted by Crippen LogP contribution is 2.41. The fourth-order valence-electron chi connectivity index (χ4n) is 15.5. The van der Waals surface area contributed by atoms with E-state index in [1.807, 2.05) is 108 Å². The highest BCUT2D eigenvalue weighted by molar-refractivity contribution is 7.89. The Kier molecular flexibility index (Phi) is 26.3. The van der Waals surface area contributed by atoms with Crippen molar-refractivity contribution in [1.82, 2.24) is 84.6 Å². The molecule has 0 radical (unpaired) electrons. The Balaban J connectivity index is 0.000000114. The summed E-state index contributed by atoms with van der Waals surface area (Å²) in [5, 5.41) is 29.2. The fourth-order valence-corrected chi connectivity index (χ4v) is 21.2. The van der Waals surface area contributed by atoms with Crippen LogP contribution in [0.15, 0.2) is 185 Å². The zero-order valence-corrected chi connectivity index (χ0v) is 76.5. The van der Waals surface area contributed by atoms with E-state index in [0.29, 0.717) is 54.0 Å². The number of carbonyl (C=O) groups is 3. The fraction of sp³-hybridized carbons (Fsp3) is 0.231. The highest BCUT2D eigenvalue weighted by Gasteiger charge is 2.28. The van der Waals surface area contributed by atoms with Crippen LogP contribution in [-0.4, -0.2) is 145 Å². The van der Waals surface area contributed by atoms with Gasteiger partial charge in [0.15, 0.2) is 0 Å². The third-order valence-electron chi connectivity index (χ3n) is 21.5. The molecule has 6 aromatic carbocycles. The normalized spacial score (nSPS) is 13.3. The van der Waals surface area contributed by atoms with Crippen LogP contribution >= 0.6 is 56.7 Å². The standard InChI is InChI=1S/C25H26N6O2S.C18H16N4OS.C17H16N4S.C16H15N5O2S2.C15H13N5O2S2/c1-16(32)12-18-4-3-5-20(13-18)27-25-26-14-19-6-7-21-24(23(19)29-25)28-22(34-21)15-30-8-10-31(11-9-30)17(2)33;1-11(23)7-12-3-2-4-14(8-12)21-18-19-9-13-5-6-15-17(16(13)22-18)24-10-20-15;1-10-5-11(2)7-13(6-10)20-17-18-8-12-3-4-14-16(15(12)21-17)22-9-19-14;1-9-19-13-6-5-10-8-18-16(21-14(10)15(13)24-9)20-11-3-2-4-12(7-11)25(17,22)23;16-24(21,22)11-3-1-2-10(6-11)19-15-17-7-9-4-5-12-14(13(9)20-15)23-8-18-12/h3-7,13-14H,8-12,15H2,1-2H3,(H,26,27,29);2-4,8-10H,5-7H2,1H3,(H,19,21,22);5-9H,3-4H2,1-2H3,(H,18,20,21);2-4,7-8H,5-6H2,1H3,(H2,17,22,23)(H,18,20,21);1-3,6-8H,4-5H2,(H2,16,21,22)(H,17,19,20). The Morgan fingerprint density at radius 3 is 1.23 bits per heavy atom. The predicted molar refractivity (Wildman–Crippen MR) is 507 cm³/mol. The molecule has 0 bridgehead atoms. The molecule has 4 aliphatic carbocycles. The number of rotatable bonds is 18. The molecule has 21 rings (SSSR count). The zero-order chi connectivity index (χ0) is 89.6. The Morgan fingerprint density at radius 2 is 0.798 bits per heavy atom. The second-order valence-corrected chi connectivity index (χ2v) is 39.4. The molecule has 1 saturated heterocycles. The summed E-state index contributed by atoms with van der Waals surface area (Å²) in [7, 11) is -7.51. The molecule has 0 atom stereocenters. The first-order chi connectivity index (χ1) is 62.2. The number of sulfonamides is 2. The molecule has 1 amide bonds. The van der Waals surface area contributed by atoms with Gasteiger partial charge in [-0.3, -0.25) is 19.3 Å². The first-order valence-electron chi connectivity index (χ1n) is 41.3. The van der Waals surface area contributed by atoms with E-state index in [1.54, 1.807) is 108 Å². The summed E-state index contributed by atoms with van der Waals surface area (Å²) in [4.78, 5) is 111. The third-order valence-corrected chi connectivity index (χ3v) is 28.0. The molecule has 654 valence electrons. The lowest BCUT2D eigenvalue weighted by atomic mass is 10.00. The minimum absolute atomic E-state index is 0.0372. The summed E-state index contributed by atoms with van der Waals surface area (Å²) in [5.74, 6) is 2.93. The van der Waals surface area contributed by atoms with Crippen LogP contribution in [0, 0.1) is 20.8 Å². The number of Topliss-reactive ketones (excluding diaryl/α,β-unsaturated/α-hetero) is 2. The lowest BCUT2D eigenvalue weighted by Gasteiger charge is -2.33. The lowest BCUT2D eigenvalue weighted by Crippen LogP contribution is -2.47. The number of nitrogens with one attached hydrogen (secondary N) is 5. The monoisotopic (exact) mass is 1850 g/mol. The van der Waals surface area contributed by atoms with Crippen LogP contribution in [0.5, 0.6) is 0 Å². The van der Waals surface area contributed by atoms with Crippen molar-refractivity contribution in [3.63, 3.8) is 0 Å². The van der Waals surface area contributed by atoms with E-state index in [0.717, 1.165) is 215 Å². The molecule has 0 unspecified atom stereocenters. The molecule has 1 aliphatic heterocycles. The smallest absolute Gasteiger partial charge is 0.238 e. The minimum Gasteiger partial charge on any atom is -0.340 e. The van der Waals surface area contributed by atoms with Gasteiger partial charge in [-0.2, -0.15) is 0 Å². The van der Waals surface area contributed by atoms with Gasteiger partial charge in [-0.05, 0) is 215 Å². The van der Waals surface area contributed by atoms with Gasteiger partial charge in [0.05, 0.1) is 108 Å². The number of hydrogen-bond acceptors (Lipinski definition) is 33. The van der Waals surface area contributed by atoms with E-state index in [2.05, 4.69) is 124 Å². The SMILES string of the molecule is CC(=O)Cc1cccc(Nc2ncc3c(n2)-c2scnc2CC3)c1.CC(=O)Cc1cccc(Nc2ncc3ccc4sc(CN5CCN(C(C)=O)CC5)nc4c3n2)c1.Cc1cc(C)cc(Nc2ncc3c(n2)-c2scnc2CC3)c1.Cc1nc2c(s1)-c1nc(Nc3cccc(S(N)(=O)=O)c3)ncc1CC2.NS(=O)(=O)c1cccc(Nc2ncc3c(n2)-c2scnc2CC3)c1. The number of thiazole rings is 5. The van der Waals surface area contributed by atoms with E-state index in [9.17, 15) is 31.2 Å². The molecule has 129 heavy (non-hydrogen) atoms. The van der Waals surface area contributed by atoms with Crippen LogP contribution in [0.4, 0.5) is 58.2 Å². The van der Waals surface area contributed by atoms with Crippen LogP contribution in [0.25, 0.3) is 63.4 Å². The average molecular weight is 1850 g/mol. The van der Waals surface area contributed by atoms with Crippen molar-refractivity contribution < 1.29 is 31.2 Å². The topological polar surface area (TPSA) is 432 Å². The molecule has 16 aromatic rings. The number of primary sulfonamides is 2. The van der Waals surface area contributed by atoms with Gasteiger partial charge in [0.2, 0.25) is 55.7 Å². The van der Waals surface area contributed by atoms with Gasteiger partial charge in [-0.1, -0.05) is 42.5 Å². The van der Waals surface area contributed by atoms with Gasteiger partial charge < -0.3 is 31.5 Å². The molecule has 9 N–H and O–H groups in total. The number of amides is 1. The summed E-state index contributed by atoms with van der Waals surface area (Å²) in [6, 6.07) is 38.5. The van der Waals surface area contributed by atoms with Crippen LogP contribution in [0.2, 0.25) is 0 Å².